The largest absolute Gasteiger partial charge is 0.119 e. The average molecular weight is 300 g/mol. The van der Waals surface area contributed by atoms with Crippen LogP contribution in [0.3, 0.4) is 0 Å². The molecule has 0 bridgehead atoms. The van der Waals surface area contributed by atoms with Gasteiger partial charge >= 0.3 is 0 Å². The van der Waals surface area contributed by atoms with E-state index < -0.39 is 0 Å². The van der Waals surface area contributed by atoms with Gasteiger partial charge in [-0.1, -0.05) is 92.6 Å². The van der Waals surface area contributed by atoms with Crippen molar-refractivity contribution in [2.75, 3.05) is 0 Å². The first-order valence-corrected chi connectivity index (χ1v) is 8.12. The minimum absolute atomic E-state index is 0.237. The van der Waals surface area contributed by atoms with Crippen LogP contribution in [-0.4, -0.2) is 0 Å². The number of rotatable bonds is 2. The Morgan fingerprint density at radius 1 is 0.739 bits per heavy atom. The van der Waals surface area contributed by atoms with Gasteiger partial charge in [0.05, 0.1) is 0 Å². The normalized spacial score (nSPS) is 11.4. The van der Waals surface area contributed by atoms with E-state index >= 15 is 0 Å². The standard InChI is InChI=1S/C13H14.C10H10/c1-10(2)12-9-5-7-11-6-3-4-8-13(11)12;1-3-9(2)10-7-5-4-6-8-10/h3-10H,1-2H3;1,4-9H,2H3. The fourth-order valence-corrected chi connectivity index (χ4v) is 2.59. The van der Waals surface area contributed by atoms with Crippen LogP contribution in [0.5, 0.6) is 0 Å². The van der Waals surface area contributed by atoms with E-state index in [-0.39, 0.29) is 5.92 Å². The van der Waals surface area contributed by atoms with E-state index in [1.807, 2.05) is 37.3 Å². The van der Waals surface area contributed by atoms with Gasteiger partial charge in [0.25, 0.3) is 0 Å². The van der Waals surface area contributed by atoms with Gasteiger partial charge < -0.3 is 0 Å². The Kier molecular flexibility index (Phi) is 6.01. The van der Waals surface area contributed by atoms with Gasteiger partial charge in [-0.2, -0.15) is 0 Å². The molecule has 0 saturated carbocycles. The van der Waals surface area contributed by atoms with E-state index in [1.54, 1.807) is 0 Å². The van der Waals surface area contributed by atoms with Crippen molar-refractivity contribution in [3.05, 3.63) is 83.9 Å². The molecule has 23 heavy (non-hydrogen) atoms. The van der Waals surface area contributed by atoms with Gasteiger partial charge in [-0.15, -0.1) is 6.42 Å². The zero-order valence-electron chi connectivity index (χ0n) is 14.2. The minimum atomic E-state index is 0.237. The number of hydrogen-bond donors (Lipinski definition) is 0. The van der Waals surface area contributed by atoms with Gasteiger partial charge in [0.15, 0.2) is 0 Å². The summed E-state index contributed by atoms with van der Waals surface area (Å²) >= 11 is 0. The molecule has 1 atom stereocenters. The first-order chi connectivity index (χ1) is 11.1. The molecule has 0 heteroatoms. The van der Waals surface area contributed by atoms with E-state index in [1.165, 1.54) is 21.9 Å². The highest BCUT2D eigenvalue weighted by Crippen LogP contribution is 2.24. The van der Waals surface area contributed by atoms with Crippen molar-refractivity contribution >= 4 is 10.8 Å². The van der Waals surface area contributed by atoms with Crippen molar-refractivity contribution in [3.8, 4) is 12.3 Å². The maximum atomic E-state index is 5.25. The lowest BCUT2D eigenvalue weighted by Crippen LogP contribution is -1.88. The van der Waals surface area contributed by atoms with E-state index in [0.717, 1.165) is 0 Å². The molecule has 3 rings (SSSR count). The van der Waals surface area contributed by atoms with Crippen molar-refractivity contribution in [3.63, 3.8) is 0 Å². The second-order valence-electron chi connectivity index (χ2n) is 6.02. The molecular formula is C23H24. The summed E-state index contributed by atoms with van der Waals surface area (Å²) in [4.78, 5) is 0. The molecule has 116 valence electrons. The quantitative estimate of drug-likeness (QED) is 0.481. The van der Waals surface area contributed by atoms with Crippen molar-refractivity contribution < 1.29 is 0 Å². The van der Waals surface area contributed by atoms with Gasteiger partial charge in [-0.25, -0.2) is 0 Å². The van der Waals surface area contributed by atoms with Crippen LogP contribution < -0.4 is 0 Å². The number of hydrogen-bond acceptors (Lipinski definition) is 0. The fourth-order valence-electron chi connectivity index (χ4n) is 2.59. The van der Waals surface area contributed by atoms with Crippen molar-refractivity contribution in [2.45, 2.75) is 32.6 Å². The first kappa shape index (κ1) is 16.8. The molecule has 0 aliphatic heterocycles. The van der Waals surface area contributed by atoms with Crippen LogP contribution in [0.25, 0.3) is 10.8 Å². The molecular weight excluding hydrogens is 276 g/mol. The maximum Gasteiger partial charge on any atom is 0.0421 e. The molecule has 0 spiro atoms. The maximum absolute atomic E-state index is 5.25. The number of benzene rings is 3. The summed E-state index contributed by atoms with van der Waals surface area (Å²) in [6.45, 7) is 6.50. The van der Waals surface area contributed by atoms with E-state index in [4.69, 9.17) is 6.42 Å². The highest BCUT2D eigenvalue weighted by atomic mass is 14.1. The molecule has 3 aromatic carbocycles. The van der Waals surface area contributed by atoms with Gasteiger partial charge in [-0.3, -0.25) is 0 Å². The van der Waals surface area contributed by atoms with Gasteiger partial charge in [0.2, 0.25) is 0 Å². The Hall–Kier alpha value is -2.52. The monoisotopic (exact) mass is 300 g/mol. The lowest BCUT2D eigenvalue weighted by molar-refractivity contribution is 0.876. The molecule has 0 N–H and O–H groups in total. The predicted molar refractivity (Wildman–Crippen MR) is 102 cm³/mol. The van der Waals surface area contributed by atoms with E-state index in [9.17, 15) is 0 Å². The highest BCUT2D eigenvalue weighted by Gasteiger charge is 2.02. The number of terminal acetylenes is 1. The molecule has 0 radical (unpaired) electrons. The smallest absolute Gasteiger partial charge is 0.0421 e. The highest BCUT2D eigenvalue weighted by molar-refractivity contribution is 5.86. The summed E-state index contributed by atoms with van der Waals surface area (Å²) in [6.07, 6.45) is 5.25. The van der Waals surface area contributed by atoms with Crippen molar-refractivity contribution in [1.82, 2.24) is 0 Å². The third-order valence-corrected chi connectivity index (χ3v) is 3.99. The molecule has 0 amide bonds. The summed E-state index contributed by atoms with van der Waals surface area (Å²) in [5.41, 5.74) is 2.66. The molecule has 1 unspecified atom stereocenters. The van der Waals surface area contributed by atoms with Crippen LogP contribution in [0, 0.1) is 12.3 Å². The molecule has 0 aromatic heterocycles. The third-order valence-electron chi connectivity index (χ3n) is 3.99. The molecule has 0 aliphatic rings. The van der Waals surface area contributed by atoms with E-state index in [0.29, 0.717) is 5.92 Å². The van der Waals surface area contributed by atoms with E-state index in [2.05, 4.69) is 62.2 Å². The van der Waals surface area contributed by atoms with Crippen molar-refractivity contribution in [2.24, 2.45) is 0 Å². The fraction of sp³-hybridized carbons (Fsp3) is 0.217. The molecule has 0 heterocycles. The predicted octanol–water partition coefficient (Wildman–Crippen LogP) is 6.39. The average Bonchev–Trinajstić information content (AvgIpc) is 2.61. The zero-order valence-corrected chi connectivity index (χ0v) is 14.2. The molecule has 0 saturated heterocycles. The number of fused-ring (bicyclic) bond motifs is 1. The lowest BCUT2D eigenvalue weighted by Gasteiger charge is -2.08. The van der Waals surface area contributed by atoms with Crippen molar-refractivity contribution in [1.29, 1.82) is 0 Å². The summed E-state index contributed by atoms with van der Waals surface area (Å²) in [5, 5.41) is 2.73. The zero-order chi connectivity index (χ0) is 16.7. The SMILES string of the molecule is C#CC(C)c1ccccc1.CC(C)c1cccc2ccccc12. The Morgan fingerprint density at radius 3 is 2.00 bits per heavy atom. The summed E-state index contributed by atoms with van der Waals surface area (Å²) in [5.74, 6) is 3.52. The second kappa shape index (κ2) is 8.20. The van der Waals surface area contributed by atoms with Crippen LogP contribution in [0.2, 0.25) is 0 Å². The van der Waals surface area contributed by atoms with Crippen LogP contribution in [-0.2, 0) is 0 Å². The molecule has 0 nitrogen and oxygen atoms in total. The summed E-state index contributed by atoms with van der Waals surface area (Å²) in [7, 11) is 0. The van der Waals surface area contributed by atoms with Crippen LogP contribution in [0.4, 0.5) is 0 Å². The Bertz CT molecular complexity index is 770. The van der Waals surface area contributed by atoms with Crippen LogP contribution in [0.1, 0.15) is 43.7 Å². The summed E-state index contributed by atoms with van der Waals surface area (Å²) in [6, 6.07) is 25.2. The van der Waals surface area contributed by atoms with Crippen LogP contribution in [0.15, 0.2) is 72.8 Å². The topological polar surface area (TPSA) is 0 Å². The Morgan fingerprint density at radius 2 is 1.35 bits per heavy atom. The minimum Gasteiger partial charge on any atom is -0.119 e. The summed E-state index contributed by atoms with van der Waals surface area (Å²) < 4.78 is 0. The molecule has 0 aliphatic carbocycles. The third kappa shape index (κ3) is 4.47. The van der Waals surface area contributed by atoms with Gasteiger partial charge in [0, 0.05) is 5.92 Å². The van der Waals surface area contributed by atoms with Crippen LogP contribution >= 0.6 is 0 Å². The van der Waals surface area contributed by atoms with Gasteiger partial charge in [-0.05, 0) is 34.7 Å². The molecule has 3 aromatic rings. The second-order valence-corrected chi connectivity index (χ2v) is 6.02. The Labute approximate surface area is 140 Å². The Balaban J connectivity index is 0.000000174. The molecule has 0 fully saturated rings. The first-order valence-electron chi connectivity index (χ1n) is 8.12. The lowest BCUT2D eigenvalue weighted by atomic mass is 9.96. The van der Waals surface area contributed by atoms with Gasteiger partial charge in [0.1, 0.15) is 0 Å².